The summed E-state index contributed by atoms with van der Waals surface area (Å²) >= 11 is 0. The summed E-state index contributed by atoms with van der Waals surface area (Å²) < 4.78 is 0. The minimum absolute atomic E-state index is 0.0659. The topological polar surface area (TPSA) is 152 Å². The number of hydrogen-bond donors (Lipinski definition) is 2. The first-order valence-corrected chi connectivity index (χ1v) is 11.0. The van der Waals surface area contributed by atoms with Crippen molar-refractivity contribution in [3.05, 3.63) is 5.53 Å². The molecule has 2 rings (SSSR count). The van der Waals surface area contributed by atoms with Crippen molar-refractivity contribution in [2.75, 3.05) is 6.54 Å². The third-order valence-electron chi connectivity index (χ3n) is 5.56. The van der Waals surface area contributed by atoms with E-state index in [-0.39, 0.29) is 36.5 Å². The quantitative estimate of drug-likeness (QED) is 0.305. The highest BCUT2D eigenvalue weighted by molar-refractivity contribution is 6.28. The van der Waals surface area contributed by atoms with Crippen LogP contribution in [0.2, 0.25) is 0 Å². The Morgan fingerprint density at radius 2 is 1.88 bits per heavy atom. The highest BCUT2D eigenvalue weighted by atomic mass is 16.2. The van der Waals surface area contributed by atoms with Crippen molar-refractivity contribution in [1.29, 1.82) is 0 Å². The van der Waals surface area contributed by atoms with Gasteiger partial charge in [0.25, 0.3) is 11.7 Å². The summed E-state index contributed by atoms with van der Waals surface area (Å²) in [5.41, 5.74) is 8.70. The fourth-order valence-electron chi connectivity index (χ4n) is 3.88. The zero-order valence-corrected chi connectivity index (χ0v) is 19.0. The number of carbonyl (C=O) groups is 5. The maximum Gasteiger partial charge on any atom is 0.325 e. The van der Waals surface area contributed by atoms with Crippen molar-refractivity contribution < 1.29 is 28.8 Å². The second-order valence-electron chi connectivity index (χ2n) is 8.95. The van der Waals surface area contributed by atoms with Crippen molar-refractivity contribution in [2.24, 2.45) is 11.8 Å². The van der Waals surface area contributed by atoms with Crippen LogP contribution in [-0.2, 0) is 24.0 Å². The van der Waals surface area contributed by atoms with E-state index < -0.39 is 35.7 Å². The van der Waals surface area contributed by atoms with Crippen molar-refractivity contribution in [3.63, 3.8) is 0 Å². The summed E-state index contributed by atoms with van der Waals surface area (Å²) in [5.74, 6) is -2.54. The summed E-state index contributed by atoms with van der Waals surface area (Å²) in [6.07, 6.45) is 2.09. The molecule has 32 heavy (non-hydrogen) atoms. The van der Waals surface area contributed by atoms with Crippen molar-refractivity contribution in [2.45, 2.75) is 77.9 Å². The number of amides is 4. The SMILES string of the molecule is CC(C)C[C@H](NC(=O)[C@@H]1CCCN2C(=O)CCC(NC(=O)C(C)C)C(=O)N12)C(=O)C=[N+]=[N-]. The average molecular weight is 449 g/mol. The lowest BCUT2D eigenvalue weighted by molar-refractivity contribution is -0.176. The number of hydrazine groups is 1. The Kier molecular flexibility index (Phi) is 8.65. The molecule has 3 atom stereocenters. The molecule has 0 aromatic rings. The number of nitrogens with one attached hydrogen (secondary N) is 2. The molecular formula is C21H32N6O5. The molecule has 2 saturated heterocycles. The molecule has 0 bridgehead atoms. The second-order valence-corrected chi connectivity index (χ2v) is 8.95. The Morgan fingerprint density at radius 3 is 2.47 bits per heavy atom. The molecule has 11 nitrogen and oxygen atoms in total. The van der Waals surface area contributed by atoms with Gasteiger partial charge in [-0.25, -0.2) is 5.01 Å². The Bertz CT molecular complexity index is 819. The number of Topliss-reactive ketones (excluding diaryl/α,β-unsaturated/α-hetero) is 1. The molecule has 2 aliphatic rings. The van der Waals surface area contributed by atoms with Crippen molar-refractivity contribution in [1.82, 2.24) is 20.7 Å². The predicted octanol–water partition coefficient (Wildman–Crippen LogP) is 0.0562. The van der Waals surface area contributed by atoms with Gasteiger partial charge in [-0.1, -0.05) is 27.7 Å². The number of nitrogens with zero attached hydrogens (tertiary/aromatic N) is 4. The number of fused-ring (bicyclic) bond motifs is 1. The lowest BCUT2D eigenvalue weighted by Crippen LogP contribution is -2.64. The summed E-state index contributed by atoms with van der Waals surface area (Å²) in [6.45, 7) is 7.46. The highest BCUT2D eigenvalue weighted by Crippen LogP contribution is 2.25. The summed E-state index contributed by atoms with van der Waals surface area (Å²) in [7, 11) is 0. The van der Waals surface area contributed by atoms with E-state index >= 15 is 0 Å². The van der Waals surface area contributed by atoms with Crippen LogP contribution in [0.5, 0.6) is 0 Å². The van der Waals surface area contributed by atoms with Crippen LogP contribution in [0, 0.1) is 11.8 Å². The first-order valence-electron chi connectivity index (χ1n) is 11.0. The monoisotopic (exact) mass is 448 g/mol. The fourth-order valence-corrected chi connectivity index (χ4v) is 3.88. The number of rotatable bonds is 8. The normalized spacial score (nSPS) is 22.1. The molecule has 2 aliphatic heterocycles. The van der Waals surface area contributed by atoms with Crippen LogP contribution >= 0.6 is 0 Å². The summed E-state index contributed by atoms with van der Waals surface area (Å²) in [6, 6.07) is -2.84. The first-order chi connectivity index (χ1) is 15.1. The molecule has 2 heterocycles. The van der Waals surface area contributed by atoms with Gasteiger partial charge >= 0.3 is 6.21 Å². The van der Waals surface area contributed by atoms with Crippen LogP contribution in [0.3, 0.4) is 0 Å². The molecule has 0 aromatic carbocycles. The van der Waals surface area contributed by atoms with Crippen LogP contribution in [0.25, 0.3) is 5.53 Å². The maximum absolute atomic E-state index is 13.3. The van der Waals surface area contributed by atoms with Crippen LogP contribution in [0.4, 0.5) is 0 Å². The molecule has 0 saturated carbocycles. The molecule has 0 spiro atoms. The van der Waals surface area contributed by atoms with Gasteiger partial charge < -0.3 is 16.2 Å². The number of carbonyl (C=O) groups excluding carboxylic acids is 5. The molecule has 1 unspecified atom stereocenters. The maximum atomic E-state index is 13.3. The van der Waals surface area contributed by atoms with Gasteiger partial charge in [-0.3, -0.25) is 29.0 Å². The minimum atomic E-state index is -0.995. The van der Waals surface area contributed by atoms with Crippen LogP contribution in [0.1, 0.15) is 59.8 Å². The third-order valence-corrected chi connectivity index (χ3v) is 5.56. The van der Waals surface area contributed by atoms with Crippen LogP contribution in [0.15, 0.2) is 0 Å². The number of hydrogen-bond acceptors (Lipinski definition) is 5. The van der Waals surface area contributed by atoms with Gasteiger partial charge in [-0.2, -0.15) is 4.79 Å². The molecule has 0 aliphatic carbocycles. The third kappa shape index (κ3) is 6.00. The van der Waals surface area contributed by atoms with Crippen molar-refractivity contribution in [3.8, 4) is 0 Å². The van der Waals surface area contributed by atoms with Gasteiger partial charge in [0.05, 0.1) is 6.04 Å². The smallest absolute Gasteiger partial charge is 0.325 e. The van der Waals surface area contributed by atoms with E-state index in [1.54, 1.807) is 13.8 Å². The van der Waals surface area contributed by atoms with Gasteiger partial charge in [0.1, 0.15) is 12.1 Å². The molecule has 4 amide bonds. The first kappa shape index (κ1) is 25.2. The summed E-state index contributed by atoms with van der Waals surface area (Å²) in [4.78, 5) is 66.4. The van der Waals surface area contributed by atoms with Gasteiger partial charge in [0, 0.05) is 18.9 Å². The van der Waals surface area contributed by atoms with E-state index in [2.05, 4.69) is 15.4 Å². The Morgan fingerprint density at radius 1 is 1.19 bits per heavy atom. The predicted molar refractivity (Wildman–Crippen MR) is 114 cm³/mol. The second kappa shape index (κ2) is 11.0. The van der Waals surface area contributed by atoms with Crippen LogP contribution < -0.4 is 10.6 Å². The van der Waals surface area contributed by atoms with Gasteiger partial charge in [0.2, 0.25) is 17.7 Å². The number of ketones is 1. The molecule has 0 radical (unpaired) electrons. The van der Waals surface area contributed by atoms with E-state index in [1.165, 1.54) is 5.01 Å². The van der Waals surface area contributed by atoms with Crippen LogP contribution in [-0.4, -0.2) is 75.1 Å². The average Bonchev–Trinajstić information content (AvgIpc) is 2.85. The Hall–Kier alpha value is -3.07. The standard InChI is InChI=1S/C21H32N6O5/c1-12(2)10-15(17(28)11-23-22)25-20(31)16-6-5-9-26-18(29)8-7-14(21(32)27(16)26)24-19(30)13(3)4/h11-16H,5-10H2,1-4H3,(H,24,30)(H,25,31)/t14?,15-,16-/m0/s1. The van der Waals surface area contributed by atoms with Gasteiger partial charge in [0.15, 0.2) is 0 Å². The van der Waals surface area contributed by atoms with Gasteiger partial charge in [-0.15, -0.1) is 0 Å². The Balaban J connectivity index is 2.29. The largest absolute Gasteiger partial charge is 0.361 e. The molecule has 176 valence electrons. The van der Waals surface area contributed by atoms with E-state index in [1.807, 2.05) is 13.8 Å². The zero-order valence-electron chi connectivity index (χ0n) is 19.0. The molecule has 11 heteroatoms. The van der Waals surface area contributed by atoms with E-state index in [4.69, 9.17) is 5.53 Å². The zero-order chi connectivity index (χ0) is 24.0. The minimum Gasteiger partial charge on any atom is -0.361 e. The van der Waals surface area contributed by atoms with E-state index in [0.29, 0.717) is 25.8 Å². The highest BCUT2D eigenvalue weighted by Gasteiger charge is 2.45. The molecule has 2 fully saturated rings. The molecule has 2 N–H and O–H groups in total. The fraction of sp³-hybridized carbons (Fsp3) is 0.714. The van der Waals surface area contributed by atoms with Gasteiger partial charge in [-0.05, 0) is 31.6 Å². The lowest BCUT2D eigenvalue weighted by atomic mass is 9.99. The molecule has 0 aromatic heterocycles. The van der Waals surface area contributed by atoms with E-state index in [9.17, 15) is 24.0 Å². The Labute approximate surface area is 187 Å². The summed E-state index contributed by atoms with van der Waals surface area (Å²) in [5, 5.41) is 7.77. The van der Waals surface area contributed by atoms with E-state index in [0.717, 1.165) is 11.2 Å². The molecular weight excluding hydrogens is 416 g/mol. The van der Waals surface area contributed by atoms with Crippen molar-refractivity contribution >= 4 is 35.6 Å². The lowest BCUT2D eigenvalue weighted by Gasteiger charge is -2.43.